The Labute approximate surface area is 142 Å². The molecule has 0 aliphatic rings. The fraction of sp³-hybridized carbons (Fsp3) is 0.294. The van der Waals surface area contributed by atoms with Crippen LogP contribution in [0.25, 0.3) is 0 Å². The monoisotopic (exact) mass is 351 g/mol. The number of nitrogens with one attached hydrogen (secondary N) is 1. The molecule has 0 unspecified atom stereocenters. The van der Waals surface area contributed by atoms with Crippen LogP contribution in [0.3, 0.4) is 0 Å². The van der Waals surface area contributed by atoms with E-state index in [0.717, 1.165) is 5.56 Å². The first-order chi connectivity index (χ1) is 11.5. The Bertz CT molecular complexity index is 789. The Balaban J connectivity index is 1.98. The number of aryl methyl sites for hydroxylation is 1. The number of rotatable bonds is 8. The van der Waals surface area contributed by atoms with Gasteiger partial charge in [0.15, 0.2) is 0 Å². The van der Waals surface area contributed by atoms with E-state index < -0.39 is 10.0 Å². The number of benzene rings is 2. The van der Waals surface area contributed by atoms with E-state index in [9.17, 15) is 13.5 Å². The van der Waals surface area contributed by atoms with Crippen LogP contribution >= 0.6 is 0 Å². The molecule has 2 aromatic rings. The molecule has 0 fully saturated rings. The SMILES string of the molecule is COc1ccc(S(=O)(=O)NCCCc2cccc(O)c2)c(OC)c1. The number of ether oxygens (including phenoxy) is 2. The minimum atomic E-state index is -3.67. The number of hydrogen-bond donors (Lipinski definition) is 2. The summed E-state index contributed by atoms with van der Waals surface area (Å²) in [6.45, 7) is 0.285. The van der Waals surface area contributed by atoms with Gasteiger partial charge in [-0.1, -0.05) is 12.1 Å². The molecule has 2 N–H and O–H groups in total. The van der Waals surface area contributed by atoms with Gasteiger partial charge in [0.05, 0.1) is 14.2 Å². The summed E-state index contributed by atoms with van der Waals surface area (Å²) >= 11 is 0. The highest BCUT2D eigenvalue weighted by Crippen LogP contribution is 2.28. The number of phenols is 1. The molecule has 0 saturated carbocycles. The summed E-state index contributed by atoms with van der Waals surface area (Å²) < 4.78 is 37.6. The predicted octanol–water partition coefficient (Wildman–Crippen LogP) is 2.32. The zero-order valence-corrected chi connectivity index (χ0v) is 14.5. The van der Waals surface area contributed by atoms with Crippen LogP contribution in [0.1, 0.15) is 12.0 Å². The lowest BCUT2D eigenvalue weighted by Crippen LogP contribution is -2.25. The van der Waals surface area contributed by atoms with Crippen LogP contribution in [-0.4, -0.2) is 34.3 Å². The van der Waals surface area contributed by atoms with Gasteiger partial charge in [-0.25, -0.2) is 13.1 Å². The molecule has 0 bridgehead atoms. The van der Waals surface area contributed by atoms with Gasteiger partial charge in [-0.15, -0.1) is 0 Å². The third-order valence-electron chi connectivity index (χ3n) is 3.51. The highest BCUT2D eigenvalue weighted by atomic mass is 32.2. The van der Waals surface area contributed by atoms with Crippen molar-refractivity contribution in [3.05, 3.63) is 48.0 Å². The van der Waals surface area contributed by atoms with Gasteiger partial charge in [0.1, 0.15) is 22.1 Å². The van der Waals surface area contributed by atoms with Crippen molar-refractivity contribution in [3.63, 3.8) is 0 Å². The molecule has 2 rings (SSSR count). The van der Waals surface area contributed by atoms with Gasteiger partial charge in [0.2, 0.25) is 10.0 Å². The lowest BCUT2D eigenvalue weighted by molar-refractivity contribution is 0.386. The first kappa shape index (κ1) is 18.1. The summed E-state index contributed by atoms with van der Waals surface area (Å²) in [5.74, 6) is 0.959. The van der Waals surface area contributed by atoms with E-state index in [-0.39, 0.29) is 22.9 Å². The topological polar surface area (TPSA) is 84.9 Å². The smallest absolute Gasteiger partial charge is 0.244 e. The number of aromatic hydroxyl groups is 1. The third-order valence-corrected chi connectivity index (χ3v) is 5.01. The lowest BCUT2D eigenvalue weighted by atomic mass is 10.1. The van der Waals surface area contributed by atoms with E-state index in [0.29, 0.717) is 18.6 Å². The van der Waals surface area contributed by atoms with E-state index in [1.165, 1.54) is 26.4 Å². The number of sulfonamides is 1. The zero-order chi connectivity index (χ0) is 17.6. The molecule has 0 aromatic heterocycles. The summed E-state index contributed by atoms with van der Waals surface area (Å²) in [5, 5.41) is 9.41. The van der Waals surface area contributed by atoms with Crippen LogP contribution in [0.15, 0.2) is 47.4 Å². The van der Waals surface area contributed by atoms with Crippen LogP contribution in [0, 0.1) is 0 Å². The summed E-state index contributed by atoms with van der Waals surface area (Å²) in [6.07, 6.45) is 1.28. The van der Waals surface area contributed by atoms with Gasteiger partial charge in [0, 0.05) is 12.6 Å². The van der Waals surface area contributed by atoms with Crippen LogP contribution < -0.4 is 14.2 Å². The second kappa shape index (κ2) is 8.03. The Morgan fingerprint density at radius 3 is 2.54 bits per heavy atom. The van der Waals surface area contributed by atoms with Crippen LogP contribution in [0.5, 0.6) is 17.2 Å². The van der Waals surface area contributed by atoms with E-state index in [1.807, 2.05) is 6.07 Å². The van der Waals surface area contributed by atoms with E-state index in [2.05, 4.69) is 4.72 Å². The summed E-state index contributed by atoms with van der Waals surface area (Å²) in [7, 11) is -0.756. The standard InChI is InChI=1S/C17H21NO5S/c1-22-15-8-9-17(16(12-15)23-2)24(20,21)18-10-4-6-13-5-3-7-14(19)11-13/h3,5,7-9,11-12,18-19H,4,6,10H2,1-2H3. The average molecular weight is 351 g/mol. The summed E-state index contributed by atoms with van der Waals surface area (Å²) in [4.78, 5) is 0.0724. The molecule has 6 nitrogen and oxygen atoms in total. The van der Waals surface area contributed by atoms with Crippen molar-refractivity contribution in [2.24, 2.45) is 0 Å². The Kier molecular flexibility index (Phi) is 6.05. The zero-order valence-electron chi connectivity index (χ0n) is 13.7. The molecule has 0 atom stereocenters. The lowest BCUT2D eigenvalue weighted by Gasteiger charge is -2.12. The molecular weight excluding hydrogens is 330 g/mol. The molecule has 2 aromatic carbocycles. The molecule has 24 heavy (non-hydrogen) atoms. The Morgan fingerprint density at radius 2 is 1.88 bits per heavy atom. The van der Waals surface area contributed by atoms with Gasteiger partial charge in [-0.2, -0.15) is 0 Å². The van der Waals surface area contributed by atoms with Crippen molar-refractivity contribution in [2.75, 3.05) is 20.8 Å². The first-order valence-corrected chi connectivity index (χ1v) is 8.94. The first-order valence-electron chi connectivity index (χ1n) is 7.46. The summed E-state index contributed by atoms with van der Waals surface area (Å²) in [5.41, 5.74) is 0.955. The molecule has 0 aliphatic carbocycles. The number of hydrogen-bond acceptors (Lipinski definition) is 5. The van der Waals surface area contributed by atoms with Gasteiger partial charge >= 0.3 is 0 Å². The van der Waals surface area contributed by atoms with Crippen LogP contribution in [-0.2, 0) is 16.4 Å². The quantitative estimate of drug-likeness (QED) is 0.713. The molecule has 0 spiro atoms. The minimum Gasteiger partial charge on any atom is -0.508 e. The molecule has 7 heteroatoms. The van der Waals surface area contributed by atoms with Crippen molar-refractivity contribution in [2.45, 2.75) is 17.7 Å². The molecule has 0 radical (unpaired) electrons. The van der Waals surface area contributed by atoms with Crippen molar-refractivity contribution in [3.8, 4) is 17.2 Å². The Morgan fingerprint density at radius 1 is 1.08 bits per heavy atom. The molecule has 0 amide bonds. The highest BCUT2D eigenvalue weighted by Gasteiger charge is 2.19. The minimum absolute atomic E-state index is 0.0724. The maximum atomic E-state index is 12.4. The largest absolute Gasteiger partial charge is 0.508 e. The second-order valence-electron chi connectivity index (χ2n) is 5.19. The van der Waals surface area contributed by atoms with Gasteiger partial charge < -0.3 is 14.6 Å². The summed E-state index contributed by atoms with van der Waals surface area (Å²) in [6, 6.07) is 11.5. The second-order valence-corrected chi connectivity index (χ2v) is 6.92. The maximum absolute atomic E-state index is 12.4. The number of phenolic OH excluding ortho intramolecular Hbond substituents is 1. The van der Waals surface area contributed by atoms with Crippen molar-refractivity contribution in [1.29, 1.82) is 0 Å². The predicted molar refractivity (Wildman–Crippen MR) is 91.2 cm³/mol. The van der Waals surface area contributed by atoms with Crippen molar-refractivity contribution < 1.29 is 23.0 Å². The van der Waals surface area contributed by atoms with Gasteiger partial charge in [0.25, 0.3) is 0 Å². The van der Waals surface area contributed by atoms with Gasteiger partial charge in [-0.05, 0) is 42.7 Å². The third kappa shape index (κ3) is 4.62. The fourth-order valence-corrected chi connectivity index (χ4v) is 3.51. The van der Waals surface area contributed by atoms with Crippen molar-refractivity contribution in [1.82, 2.24) is 4.72 Å². The molecular formula is C17H21NO5S. The molecule has 0 saturated heterocycles. The van der Waals surface area contributed by atoms with Crippen LogP contribution in [0.4, 0.5) is 0 Å². The fourth-order valence-electron chi connectivity index (χ4n) is 2.29. The highest BCUT2D eigenvalue weighted by molar-refractivity contribution is 7.89. The molecule has 130 valence electrons. The van der Waals surface area contributed by atoms with E-state index in [1.54, 1.807) is 24.3 Å². The number of methoxy groups -OCH3 is 2. The molecule has 0 aliphatic heterocycles. The van der Waals surface area contributed by atoms with E-state index >= 15 is 0 Å². The van der Waals surface area contributed by atoms with Gasteiger partial charge in [-0.3, -0.25) is 0 Å². The van der Waals surface area contributed by atoms with Crippen LogP contribution in [0.2, 0.25) is 0 Å². The van der Waals surface area contributed by atoms with Crippen molar-refractivity contribution >= 4 is 10.0 Å². The average Bonchev–Trinajstić information content (AvgIpc) is 2.58. The maximum Gasteiger partial charge on any atom is 0.244 e. The Hall–Kier alpha value is -2.25. The normalized spacial score (nSPS) is 11.2. The molecule has 0 heterocycles. The van der Waals surface area contributed by atoms with E-state index in [4.69, 9.17) is 9.47 Å².